The molecule has 0 aliphatic heterocycles. The van der Waals surface area contributed by atoms with Crippen molar-refractivity contribution in [3.63, 3.8) is 0 Å². The number of nitrogens with one attached hydrogen (secondary N) is 1. The molecule has 0 spiro atoms. The van der Waals surface area contributed by atoms with Gasteiger partial charge in [-0.25, -0.2) is 8.42 Å². The van der Waals surface area contributed by atoms with E-state index in [1.165, 1.54) is 18.1 Å². The summed E-state index contributed by atoms with van der Waals surface area (Å²) in [5.41, 5.74) is 0.994. The zero-order valence-electron chi connectivity index (χ0n) is 11.4. The molecule has 8 nitrogen and oxygen atoms in total. The zero-order valence-corrected chi connectivity index (χ0v) is 13.0. The number of hydrogen-bond acceptors (Lipinski definition) is 7. The molecule has 0 radical (unpaired) electrons. The highest BCUT2D eigenvalue weighted by molar-refractivity contribution is 7.94. The topological polar surface area (TPSA) is 99.0 Å². The summed E-state index contributed by atoms with van der Waals surface area (Å²) in [6.45, 7) is 0. The molecule has 0 atom stereocenters. The fourth-order valence-corrected chi connectivity index (χ4v) is 3.87. The molecule has 2 heterocycles. The van der Waals surface area contributed by atoms with Crippen molar-refractivity contribution >= 4 is 27.0 Å². The second kappa shape index (κ2) is 5.73. The van der Waals surface area contributed by atoms with Gasteiger partial charge in [0, 0.05) is 6.07 Å². The number of rotatable bonds is 5. The number of nitrogens with zero attached hydrogens (tertiary/aromatic N) is 4. The number of anilines is 1. The Bertz CT molecular complexity index is 860. The highest BCUT2D eigenvalue weighted by atomic mass is 32.2. The number of tetrazole rings is 1. The van der Waals surface area contributed by atoms with Crippen LogP contribution in [0.1, 0.15) is 0 Å². The Balaban J connectivity index is 1.93. The van der Waals surface area contributed by atoms with E-state index in [1.54, 1.807) is 35.7 Å². The van der Waals surface area contributed by atoms with Gasteiger partial charge in [0.25, 0.3) is 10.0 Å². The van der Waals surface area contributed by atoms with Crippen molar-refractivity contribution in [1.82, 2.24) is 20.2 Å². The minimum Gasteiger partial charge on any atom is -0.494 e. The van der Waals surface area contributed by atoms with E-state index in [2.05, 4.69) is 20.2 Å². The fraction of sp³-hybridized carbons (Fsp3) is 0.0833. The van der Waals surface area contributed by atoms with Gasteiger partial charge in [-0.1, -0.05) is 6.07 Å². The molecule has 0 aliphatic rings. The van der Waals surface area contributed by atoms with Crippen LogP contribution in [0.4, 0.5) is 5.69 Å². The third kappa shape index (κ3) is 2.78. The number of aromatic nitrogens is 4. The van der Waals surface area contributed by atoms with Crippen LogP contribution in [0.3, 0.4) is 0 Å². The molecule has 0 bridgehead atoms. The van der Waals surface area contributed by atoms with Gasteiger partial charge in [-0.3, -0.25) is 4.72 Å². The first-order valence-electron chi connectivity index (χ1n) is 6.08. The molecule has 114 valence electrons. The van der Waals surface area contributed by atoms with Crippen LogP contribution in [0.15, 0.2) is 46.2 Å². The Labute approximate surface area is 130 Å². The highest BCUT2D eigenvalue weighted by Gasteiger charge is 2.16. The first kappa shape index (κ1) is 14.5. The van der Waals surface area contributed by atoms with Crippen molar-refractivity contribution < 1.29 is 13.2 Å². The van der Waals surface area contributed by atoms with Crippen molar-refractivity contribution in [2.75, 3.05) is 11.8 Å². The summed E-state index contributed by atoms with van der Waals surface area (Å²) in [4.78, 5) is 0. The van der Waals surface area contributed by atoms with Gasteiger partial charge in [-0.2, -0.15) is 4.68 Å². The van der Waals surface area contributed by atoms with Crippen LogP contribution in [-0.2, 0) is 10.0 Å². The lowest BCUT2D eigenvalue weighted by Gasteiger charge is -2.11. The second-order valence-electron chi connectivity index (χ2n) is 4.18. The lowest BCUT2D eigenvalue weighted by molar-refractivity contribution is 0.411. The van der Waals surface area contributed by atoms with Gasteiger partial charge < -0.3 is 4.74 Å². The van der Waals surface area contributed by atoms with Crippen LogP contribution in [0.5, 0.6) is 5.75 Å². The summed E-state index contributed by atoms with van der Waals surface area (Å²) in [6.07, 6.45) is 1.42. The number of hydrogen-bond donors (Lipinski definition) is 1. The van der Waals surface area contributed by atoms with E-state index < -0.39 is 10.0 Å². The Morgan fingerprint density at radius 2 is 2.18 bits per heavy atom. The SMILES string of the molecule is COc1cc(NS(=O)(=O)c2cccs2)ccc1-n1cnnn1. The van der Waals surface area contributed by atoms with Crippen molar-refractivity contribution in [1.29, 1.82) is 0 Å². The first-order chi connectivity index (χ1) is 10.6. The van der Waals surface area contributed by atoms with E-state index in [9.17, 15) is 8.42 Å². The molecular weight excluding hydrogens is 326 g/mol. The number of benzene rings is 1. The van der Waals surface area contributed by atoms with Crippen molar-refractivity contribution in [3.8, 4) is 11.4 Å². The van der Waals surface area contributed by atoms with Crippen molar-refractivity contribution in [3.05, 3.63) is 42.0 Å². The quantitative estimate of drug-likeness (QED) is 0.758. The van der Waals surface area contributed by atoms with Gasteiger partial charge in [0.15, 0.2) is 0 Å². The Hall–Kier alpha value is -2.46. The van der Waals surface area contributed by atoms with Crippen LogP contribution in [0, 0.1) is 0 Å². The number of sulfonamides is 1. The van der Waals surface area contributed by atoms with Gasteiger partial charge in [0.05, 0.1) is 12.8 Å². The Kier molecular flexibility index (Phi) is 3.77. The lowest BCUT2D eigenvalue weighted by atomic mass is 10.2. The molecule has 0 saturated carbocycles. The summed E-state index contributed by atoms with van der Waals surface area (Å²) in [6, 6.07) is 8.08. The molecule has 22 heavy (non-hydrogen) atoms. The third-order valence-electron chi connectivity index (χ3n) is 2.79. The molecule has 0 unspecified atom stereocenters. The highest BCUT2D eigenvalue weighted by Crippen LogP contribution is 2.28. The van der Waals surface area contributed by atoms with Gasteiger partial charge >= 0.3 is 0 Å². The first-order valence-corrected chi connectivity index (χ1v) is 8.44. The lowest BCUT2D eigenvalue weighted by Crippen LogP contribution is -2.11. The minimum atomic E-state index is -3.60. The molecule has 0 fully saturated rings. The number of methoxy groups -OCH3 is 1. The molecule has 3 rings (SSSR count). The largest absolute Gasteiger partial charge is 0.494 e. The summed E-state index contributed by atoms with van der Waals surface area (Å²) in [5, 5.41) is 12.6. The molecule has 0 saturated heterocycles. The Morgan fingerprint density at radius 1 is 1.32 bits per heavy atom. The maximum Gasteiger partial charge on any atom is 0.271 e. The summed E-state index contributed by atoms with van der Waals surface area (Å²) >= 11 is 1.15. The predicted octanol–water partition coefficient (Wildman–Crippen LogP) is 1.53. The van der Waals surface area contributed by atoms with Crippen molar-refractivity contribution in [2.45, 2.75) is 4.21 Å². The van der Waals surface area contributed by atoms with E-state index >= 15 is 0 Å². The summed E-state index contributed by atoms with van der Waals surface area (Å²) in [7, 11) is -2.11. The average Bonchev–Trinajstić information content (AvgIpc) is 3.20. The standard InChI is InChI=1S/C12H11N5O3S2/c1-20-11-7-9(4-5-10(11)17-8-13-15-16-17)14-22(18,19)12-3-2-6-21-12/h2-8,14H,1H3. The van der Waals surface area contributed by atoms with Crippen LogP contribution in [0.2, 0.25) is 0 Å². The van der Waals surface area contributed by atoms with E-state index in [4.69, 9.17) is 4.74 Å². The molecule has 1 N–H and O–H groups in total. The Morgan fingerprint density at radius 3 is 2.82 bits per heavy atom. The molecule has 3 aromatic rings. The monoisotopic (exact) mass is 337 g/mol. The zero-order chi connectivity index (χ0) is 15.6. The second-order valence-corrected chi connectivity index (χ2v) is 7.04. The number of thiophene rings is 1. The summed E-state index contributed by atoms with van der Waals surface area (Å²) < 4.78 is 33.8. The fourth-order valence-electron chi connectivity index (χ4n) is 1.82. The van der Waals surface area contributed by atoms with Gasteiger partial charge in [-0.05, 0) is 34.0 Å². The van der Waals surface area contributed by atoms with Crippen molar-refractivity contribution in [2.24, 2.45) is 0 Å². The van der Waals surface area contributed by atoms with Gasteiger partial charge in [0.1, 0.15) is 22.0 Å². The molecule has 0 aliphatic carbocycles. The normalized spacial score (nSPS) is 11.3. The summed E-state index contributed by atoms with van der Waals surface area (Å²) in [5.74, 6) is 0.443. The molecular formula is C12H11N5O3S2. The average molecular weight is 337 g/mol. The van der Waals surface area contributed by atoms with Crippen LogP contribution < -0.4 is 9.46 Å². The van der Waals surface area contributed by atoms with Gasteiger partial charge in [0.2, 0.25) is 0 Å². The van der Waals surface area contributed by atoms with E-state index in [0.29, 0.717) is 17.1 Å². The molecule has 0 amide bonds. The number of ether oxygens (including phenoxy) is 1. The predicted molar refractivity (Wildman–Crippen MR) is 80.8 cm³/mol. The van der Waals surface area contributed by atoms with E-state index in [-0.39, 0.29) is 4.21 Å². The smallest absolute Gasteiger partial charge is 0.271 e. The minimum absolute atomic E-state index is 0.246. The van der Waals surface area contributed by atoms with Crippen LogP contribution >= 0.6 is 11.3 Å². The third-order valence-corrected chi connectivity index (χ3v) is 5.57. The van der Waals surface area contributed by atoms with Crippen LogP contribution in [0.25, 0.3) is 5.69 Å². The van der Waals surface area contributed by atoms with E-state index in [1.807, 2.05) is 0 Å². The van der Waals surface area contributed by atoms with Gasteiger partial charge in [-0.15, -0.1) is 16.4 Å². The van der Waals surface area contributed by atoms with E-state index in [0.717, 1.165) is 11.3 Å². The maximum atomic E-state index is 12.2. The molecule has 2 aromatic heterocycles. The molecule has 1 aromatic carbocycles. The molecule has 10 heteroatoms. The maximum absolute atomic E-state index is 12.2. The van der Waals surface area contributed by atoms with Crippen LogP contribution in [-0.4, -0.2) is 35.7 Å².